The van der Waals surface area contributed by atoms with E-state index in [4.69, 9.17) is 0 Å². The van der Waals surface area contributed by atoms with Crippen molar-refractivity contribution in [3.63, 3.8) is 0 Å². The van der Waals surface area contributed by atoms with Gasteiger partial charge in [0, 0.05) is 18.1 Å². The van der Waals surface area contributed by atoms with E-state index >= 15 is 0 Å². The maximum Gasteiger partial charge on any atom is 0.00627 e. The standard InChI is InChI=1S/C9H18NS/c1-3-8(2)6-9-7-11-5-4-10-9/h9-10H,3-7H2,1-2H3/q-1. The summed E-state index contributed by atoms with van der Waals surface area (Å²) in [6.45, 7) is 5.71. The van der Waals surface area contributed by atoms with E-state index in [0.29, 0.717) is 0 Å². The molecule has 2 heteroatoms. The van der Waals surface area contributed by atoms with Gasteiger partial charge in [-0.05, 0) is 6.04 Å². The first-order chi connectivity index (χ1) is 5.33. The second kappa shape index (κ2) is 5.04. The summed E-state index contributed by atoms with van der Waals surface area (Å²) in [6, 6.07) is 0.758. The van der Waals surface area contributed by atoms with E-state index in [-0.39, 0.29) is 0 Å². The minimum Gasteiger partial charge on any atom is -0.315 e. The Kier molecular flexibility index (Phi) is 4.31. The third kappa shape index (κ3) is 3.48. The smallest absolute Gasteiger partial charge is 0.00627 e. The summed E-state index contributed by atoms with van der Waals surface area (Å²) in [5, 5.41) is 3.54. The largest absolute Gasteiger partial charge is 0.315 e. The molecule has 1 nitrogen and oxygen atoms in total. The minimum absolute atomic E-state index is 0.758. The van der Waals surface area contributed by atoms with E-state index in [1.54, 1.807) is 5.92 Å². The zero-order valence-corrected chi connectivity index (χ0v) is 8.34. The van der Waals surface area contributed by atoms with Crippen LogP contribution in [0.25, 0.3) is 0 Å². The van der Waals surface area contributed by atoms with Gasteiger partial charge in [0.2, 0.25) is 0 Å². The van der Waals surface area contributed by atoms with Crippen LogP contribution in [0.1, 0.15) is 26.7 Å². The fraction of sp³-hybridized carbons (Fsp3) is 0.889. The first kappa shape index (κ1) is 9.40. The van der Waals surface area contributed by atoms with Crippen LogP contribution in [-0.2, 0) is 0 Å². The van der Waals surface area contributed by atoms with Gasteiger partial charge in [-0.15, -0.1) is 0 Å². The van der Waals surface area contributed by atoms with Gasteiger partial charge in [-0.3, -0.25) is 0 Å². The van der Waals surface area contributed by atoms with Gasteiger partial charge >= 0.3 is 0 Å². The number of hydrogen-bond donors (Lipinski definition) is 1. The Labute approximate surface area is 74.3 Å². The summed E-state index contributed by atoms with van der Waals surface area (Å²) in [4.78, 5) is 0. The molecule has 0 radical (unpaired) electrons. The van der Waals surface area contributed by atoms with Crippen molar-refractivity contribution in [1.82, 2.24) is 5.32 Å². The third-order valence-electron chi connectivity index (χ3n) is 2.20. The van der Waals surface area contributed by atoms with Gasteiger partial charge in [0.05, 0.1) is 0 Å². The molecule has 1 unspecified atom stereocenters. The first-order valence-corrected chi connectivity index (χ1v) is 5.60. The molecule has 0 aromatic heterocycles. The first-order valence-electron chi connectivity index (χ1n) is 4.45. The van der Waals surface area contributed by atoms with Gasteiger partial charge in [0.15, 0.2) is 0 Å². The Bertz CT molecular complexity index is 99.7. The SMILES string of the molecule is CC[C-](C)CC1CSCCN1. The Morgan fingerprint density at radius 2 is 2.45 bits per heavy atom. The molecule has 66 valence electrons. The second-order valence-corrected chi connectivity index (χ2v) is 4.39. The van der Waals surface area contributed by atoms with Crippen molar-refractivity contribution in [3.8, 4) is 0 Å². The van der Waals surface area contributed by atoms with Crippen molar-refractivity contribution in [2.24, 2.45) is 0 Å². The Hall–Kier alpha value is 0.310. The summed E-state index contributed by atoms with van der Waals surface area (Å²) in [5.74, 6) is 4.23. The topological polar surface area (TPSA) is 12.0 Å². The van der Waals surface area contributed by atoms with Crippen LogP contribution in [0, 0.1) is 5.92 Å². The molecule has 1 rings (SSSR count). The lowest BCUT2D eigenvalue weighted by Gasteiger charge is -2.32. The van der Waals surface area contributed by atoms with Crippen LogP contribution in [0.5, 0.6) is 0 Å². The number of nitrogens with one attached hydrogen (secondary N) is 1. The molecule has 0 aromatic carbocycles. The van der Waals surface area contributed by atoms with Crippen molar-refractivity contribution < 1.29 is 0 Å². The van der Waals surface area contributed by atoms with Gasteiger partial charge in [-0.25, -0.2) is 0 Å². The molecule has 11 heavy (non-hydrogen) atoms. The average molecular weight is 172 g/mol. The molecule has 1 heterocycles. The van der Waals surface area contributed by atoms with E-state index in [0.717, 1.165) is 6.04 Å². The van der Waals surface area contributed by atoms with Crippen molar-refractivity contribution in [3.05, 3.63) is 5.92 Å². The fourth-order valence-electron chi connectivity index (χ4n) is 1.32. The highest BCUT2D eigenvalue weighted by Gasteiger charge is 2.09. The normalized spacial score (nSPS) is 25.9. The average Bonchev–Trinajstić information content (AvgIpc) is 2.06. The van der Waals surface area contributed by atoms with E-state index in [2.05, 4.69) is 30.9 Å². The number of thioether (sulfide) groups is 1. The molecule has 1 aliphatic rings. The Morgan fingerprint density at radius 1 is 1.64 bits per heavy atom. The van der Waals surface area contributed by atoms with Crippen molar-refractivity contribution in [2.75, 3.05) is 18.1 Å². The lowest BCUT2D eigenvalue weighted by Crippen LogP contribution is -2.38. The minimum atomic E-state index is 0.758. The Morgan fingerprint density at radius 3 is 3.00 bits per heavy atom. The molecule has 1 N–H and O–H groups in total. The molecule has 0 spiro atoms. The van der Waals surface area contributed by atoms with Gasteiger partial charge in [0.1, 0.15) is 0 Å². The van der Waals surface area contributed by atoms with Crippen molar-refractivity contribution >= 4 is 11.8 Å². The molecule has 0 aromatic rings. The predicted molar refractivity (Wildman–Crippen MR) is 52.9 cm³/mol. The van der Waals surface area contributed by atoms with Crippen LogP contribution < -0.4 is 5.32 Å². The van der Waals surface area contributed by atoms with Crippen LogP contribution in [-0.4, -0.2) is 24.1 Å². The van der Waals surface area contributed by atoms with Crippen LogP contribution in [0.2, 0.25) is 0 Å². The molecular formula is C9H18NS-. The zero-order chi connectivity index (χ0) is 8.10. The molecule has 0 amide bonds. The molecule has 1 fully saturated rings. The highest BCUT2D eigenvalue weighted by molar-refractivity contribution is 7.99. The van der Waals surface area contributed by atoms with Gasteiger partial charge in [0.25, 0.3) is 0 Å². The predicted octanol–water partition coefficient (Wildman–Crippen LogP) is 2.09. The molecule has 0 aliphatic carbocycles. The van der Waals surface area contributed by atoms with Gasteiger partial charge in [-0.2, -0.15) is 31.5 Å². The number of hydrogen-bond acceptors (Lipinski definition) is 2. The van der Waals surface area contributed by atoms with Crippen LogP contribution in [0.15, 0.2) is 0 Å². The third-order valence-corrected chi connectivity index (χ3v) is 3.33. The fourth-order valence-corrected chi connectivity index (χ4v) is 2.26. The molecule has 1 saturated heterocycles. The summed E-state index contributed by atoms with van der Waals surface area (Å²) >= 11 is 2.08. The van der Waals surface area contributed by atoms with Crippen molar-refractivity contribution in [2.45, 2.75) is 32.7 Å². The maximum atomic E-state index is 3.54. The lowest BCUT2D eigenvalue weighted by atomic mass is 10.0. The number of rotatable bonds is 3. The molecule has 0 saturated carbocycles. The van der Waals surface area contributed by atoms with Crippen LogP contribution in [0.3, 0.4) is 0 Å². The van der Waals surface area contributed by atoms with E-state index in [1.807, 2.05) is 0 Å². The summed E-state index contributed by atoms with van der Waals surface area (Å²) in [5.41, 5.74) is 0. The quantitative estimate of drug-likeness (QED) is 0.654. The summed E-state index contributed by atoms with van der Waals surface area (Å²) < 4.78 is 0. The lowest BCUT2D eigenvalue weighted by molar-refractivity contribution is 0.528. The van der Waals surface area contributed by atoms with Gasteiger partial charge in [-0.1, -0.05) is 6.92 Å². The molecule has 0 bridgehead atoms. The molecule has 1 atom stereocenters. The van der Waals surface area contributed by atoms with E-state index < -0.39 is 0 Å². The second-order valence-electron chi connectivity index (χ2n) is 3.24. The summed E-state index contributed by atoms with van der Waals surface area (Å²) in [7, 11) is 0. The molecular weight excluding hydrogens is 154 g/mol. The zero-order valence-electron chi connectivity index (χ0n) is 7.52. The van der Waals surface area contributed by atoms with Crippen molar-refractivity contribution in [1.29, 1.82) is 0 Å². The monoisotopic (exact) mass is 172 g/mol. The maximum absolute atomic E-state index is 3.54. The highest BCUT2D eigenvalue weighted by atomic mass is 32.2. The molecule has 1 aliphatic heterocycles. The Balaban J connectivity index is 2.13. The highest BCUT2D eigenvalue weighted by Crippen LogP contribution is 2.17. The van der Waals surface area contributed by atoms with E-state index in [1.165, 1.54) is 30.9 Å². The van der Waals surface area contributed by atoms with Crippen LogP contribution >= 0.6 is 11.8 Å². The summed E-state index contributed by atoms with van der Waals surface area (Å²) in [6.07, 6.45) is 2.52. The van der Waals surface area contributed by atoms with E-state index in [9.17, 15) is 0 Å². The van der Waals surface area contributed by atoms with Gasteiger partial charge < -0.3 is 11.2 Å². The van der Waals surface area contributed by atoms with Crippen LogP contribution in [0.4, 0.5) is 0 Å².